The van der Waals surface area contributed by atoms with Crippen molar-refractivity contribution in [2.24, 2.45) is 0 Å². The molecule has 1 heterocycles. The number of ether oxygens (including phenoxy) is 2. The topological polar surface area (TPSA) is 108 Å². The Morgan fingerprint density at radius 1 is 1.27 bits per heavy atom. The molecule has 1 aliphatic heterocycles. The molecular weight excluding hydrogens is 340 g/mol. The molecule has 1 aromatic rings. The van der Waals surface area contributed by atoms with Gasteiger partial charge in [0.15, 0.2) is 0 Å². The second kappa shape index (κ2) is 7.81. The highest BCUT2D eigenvalue weighted by Crippen LogP contribution is 2.40. The van der Waals surface area contributed by atoms with Crippen molar-refractivity contribution >= 4 is 17.6 Å². The quantitative estimate of drug-likeness (QED) is 0.488. The van der Waals surface area contributed by atoms with Gasteiger partial charge < -0.3 is 14.8 Å². The predicted molar refractivity (Wildman–Crippen MR) is 92.8 cm³/mol. The predicted octanol–water partition coefficient (Wildman–Crippen LogP) is 2.91. The van der Waals surface area contributed by atoms with Crippen LogP contribution in [0.5, 0.6) is 0 Å². The number of nitrogens with zero attached hydrogens (tertiary/aromatic N) is 1. The molecule has 0 radical (unpaired) electrons. The number of benzene rings is 1. The molecule has 0 aliphatic carbocycles. The molecule has 0 saturated carbocycles. The number of carbonyl (C=O) groups is 2. The summed E-state index contributed by atoms with van der Waals surface area (Å²) in [5.41, 5.74) is 1.66. The number of carbonyl (C=O) groups excluding carboxylic acids is 2. The van der Waals surface area contributed by atoms with E-state index in [-0.39, 0.29) is 23.6 Å². The first-order chi connectivity index (χ1) is 12.3. The van der Waals surface area contributed by atoms with E-state index in [9.17, 15) is 19.7 Å². The van der Waals surface area contributed by atoms with Crippen LogP contribution in [0, 0.1) is 10.1 Å². The fraction of sp³-hybridized carbons (Fsp3) is 0.333. The van der Waals surface area contributed by atoms with E-state index in [0.717, 1.165) is 0 Å². The van der Waals surface area contributed by atoms with Gasteiger partial charge in [0.2, 0.25) is 0 Å². The van der Waals surface area contributed by atoms with Gasteiger partial charge in [0.25, 0.3) is 5.69 Å². The minimum atomic E-state index is -0.793. The van der Waals surface area contributed by atoms with Crippen molar-refractivity contribution in [1.82, 2.24) is 5.32 Å². The van der Waals surface area contributed by atoms with Crippen LogP contribution in [-0.2, 0) is 19.1 Å². The van der Waals surface area contributed by atoms with Gasteiger partial charge in [-0.1, -0.05) is 12.1 Å². The lowest BCUT2D eigenvalue weighted by Gasteiger charge is -2.30. The van der Waals surface area contributed by atoms with E-state index < -0.39 is 22.8 Å². The number of esters is 2. The maximum Gasteiger partial charge on any atom is 0.336 e. The van der Waals surface area contributed by atoms with Gasteiger partial charge in [-0.15, -0.1) is 0 Å². The molecule has 0 aromatic heterocycles. The van der Waals surface area contributed by atoms with Crippen LogP contribution in [0.15, 0.2) is 47.0 Å². The molecular formula is C18H20N2O6. The summed E-state index contributed by atoms with van der Waals surface area (Å²) in [7, 11) is 0. The van der Waals surface area contributed by atoms with E-state index >= 15 is 0 Å². The lowest BCUT2D eigenvalue weighted by Crippen LogP contribution is -2.30. The number of hydrogen-bond acceptors (Lipinski definition) is 7. The molecule has 0 fully saturated rings. The van der Waals surface area contributed by atoms with Crippen LogP contribution in [0.25, 0.3) is 0 Å². The van der Waals surface area contributed by atoms with E-state index in [1.54, 1.807) is 26.8 Å². The highest BCUT2D eigenvalue weighted by Gasteiger charge is 2.36. The average molecular weight is 360 g/mol. The smallest absolute Gasteiger partial charge is 0.336 e. The zero-order valence-corrected chi connectivity index (χ0v) is 15.0. The number of allylic oxidation sites excluding steroid dienone is 3. The van der Waals surface area contributed by atoms with Crippen LogP contribution in [-0.4, -0.2) is 23.5 Å². The summed E-state index contributed by atoms with van der Waals surface area (Å²) in [5.74, 6) is -1.71. The van der Waals surface area contributed by atoms with Crippen molar-refractivity contribution in [2.45, 2.75) is 33.6 Å². The lowest BCUT2D eigenvalue weighted by molar-refractivity contribution is -0.384. The summed E-state index contributed by atoms with van der Waals surface area (Å²) in [5, 5.41) is 14.1. The third kappa shape index (κ3) is 3.90. The van der Waals surface area contributed by atoms with E-state index in [2.05, 4.69) is 5.32 Å². The van der Waals surface area contributed by atoms with Crippen LogP contribution in [0.4, 0.5) is 5.69 Å². The molecule has 1 atom stereocenters. The summed E-state index contributed by atoms with van der Waals surface area (Å²) in [4.78, 5) is 34.7. The summed E-state index contributed by atoms with van der Waals surface area (Å²) in [6, 6.07) is 5.88. The minimum absolute atomic E-state index is 0.123. The molecule has 0 spiro atoms. The third-order valence-electron chi connectivity index (χ3n) is 3.86. The minimum Gasteiger partial charge on any atom is -0.463 e. The molecule has 1 aromatic carbocycles. The van der Waals surface area contributed by atoms with Gasteiger partial charge in [0, 0.05) is 24.8 Å². The number of nitrogens with one attached hydrogen (secondary N) is 1. The molecule has 8 heteroatoms. The Hall–Kier alpha value is -3.16. The fourth-order valence-electron chi connectivity index (χ4n) is 2.88. The van der Waals surface area contributed by atoms with Crippen molar-refractivity contribution in [3.05, 3.63) is 62.7 Å². The lowest BCUT2D eigenvalue weighted by atomic mass is 9.85. The third-order valence-corrected chi connectivity index (χ3v) is 3.86. The number of non-ortho nitro benzene ring substituents is 1. The summed E-state index contributed by atoms with van der Waals surface area (Å²) < 4.78 is 10.5. The van der Waals surface area contributed by atoms with Crippen LogP contribution >= 0.6 is 0 Å². The maximum atomic E-state index is 12.5. The van der Waals surface area contributed by atoms with Crippen molar-refractivity contribution in [2.75, 3.05) is 6.61 Å². The summed E-state index contributed by atoms with van der Waals surface area (Å²) in [6.45, 7) is 6.50. The molecule has 8 nitrogen and oxygen atoms in total. The van der Waals surface area contributed by atoms with Crippen LogP contribution in [0.3, 0.4) is 0 Å². The van der Waals surface area contributed by atoms with Gasteiger partial charge in [-0.2, -0.15) is 0 Å². The van der Waals surface area contributed by atoms with Crippen molar-refractivity contribution < 1.29 is 24.0 Å². The number of nitro benzene ring substituents is 1. The van der Waals surface area contributed by atoms with Gasteiger partial charge in [0.05, 0.1) is 28.7 Å². The van der Waals surface area contributed by atoms with Crippen LogP contribution < -0.4 is 5.32 Å². The molecule has 1 aliphatic rings. The Morgan fingerprint density at radius 2 is 1.96 bits per heavy atom. The first-order valence-electron chi connectivity index (χ1n) is 8.04. The zero-order valence-electron chi connectivity index (χ0n) is 15.0. The molecule has 2 rings (SSSR count). The van der Waals surface area contributed by atoms with Gasteiger partial charge in [-0.3, -0.25) is 14.9 Å². The molecule has 0 saturated heterocycles. The van der Waals surface area contributed by atoms with Crippen molar-refractivity contribution in [3.63, 3.8) is 0 Å². The Labute approximate surface area is 150 Å². The Kier molecular flexibility index (Phi) is 5.76. The summed E-state index contributed by atoms with van der Waals surface area (Å²) in [6.07, 6.45) is 0. The van der Waals surface area contributed by atoms with E-state index in [1.807, 2.05) is 0 Å². The van der Waals surface area contributed by atoms with E-state index in [1.165, 1.54) is 25.1 Å². The van der Waals surface area contributed by atoms with Crippen molar-refractivity contribution in [1.29, 1.82) is 0 Å². The van der Waals surface area contributed by atoms with Gasteiger partial charge in [0.1, 0.15) is 5.76 Å². The zero-order chi connectivity index (χ0) is 19.4. The molecule has 1 unspecified atom stereocenters. The maximum absolute atomic E-state index is 12.5. The first kappa shape index (κ1) is 19.2. The van der Waals surface area contributed by atoms with Crippen LogP contribution in [0.2, 0.25) is 0 Å². The SMILES string of the molecule is CCOC(=O)C1=C(C)NC(C)=C(OC(C)=O)C1c1cccc([N+](=O)[O-])c1. The number of dihydropyridines is 1. The summed E-state index contributed by atoms with van der Waals surface area (Å²) >= 11 is 0. The van der Waals surface area contributed by atoms with E-state index in [0.29, 0.717) is 17.0 Å². The molecule has 26 heavy (non-hydrogen) atoms. The monoisotopic (exact) mass is 360 g/mol. The van der Waals surface area contributed by atoms with Gasteiger partial charge >= 0.3 is 11.9 Å². The first-order valence-corrected chi connectivity index (χ1v) is 8.04. The molecule has 0 bridgehead atoms. The largest absolute Gasteiger partial charge is 0.463 e. The highest BCUT2D eigenvalue weighted by molar-refractivity contribution is 5.92. The number of hydrogen-bond donors (Lipinski definition) is 1. The Bertz CT molecular complexity index is 825. The van der Waals surface area contributed by atoms with Crippen LogP contribution in [0.1, 0.15) is 39.2 Å². The molecule has 1 N–H and O–H groups in total. The Balaban J connectivity index is 2.66. The van der Waals surface area contributed by atoms with Gasteiger partial charge in [-0.25, -0.2) is 4.79 Å². The average Bonchev–Trinajstić information content (AvgIpc) is 2.56. The highest BCUT2D eigenvalue weighted by atomic mass is 16.6. The second-order valence-corrected chi connectivity index (χ2v) is 5.75. The molecule has 0 amide bonds. The normalized spacial score (nSPS) is 16.8. The molecule has 138 valence electrons. The number of nitro groups is 1. The fourth-order valence-corrected chi connectivity index (χ4v) is 2.88. The van der Waals surface area contributed by atoms with E-state index in [4.69, 9.17) is 9.47 Å². The Morgan fingerprint density at radius 3 is 2.54 bits per heavy atom. The second-order valence-electron chi connectivity index (χ2n) is 5.75. The van der Waals surface area contributed by atoms with Crippen molar-refractivity contribution in [3.8, 4) is 0 Å². The number of rotatable bonds is 5. The standard InChI is InChI=1S/C18H20N2O6/c1-5-25-18(22)15-10(2)19-11(3)17(26-12(4)21)16(15)13-7-6-8-14(9-13)20(23)24/h6-9,16,19H,5H2,1-4H3. The van der Waals surface area contributed by atoms with Gasteiger partial charge in [-0.05, 0) is 26.3 Å².